The second-order valence-electron chi connectivity index (χ2n) is 3.41. The van der Waals surface area contributed by atoms with E-state index in [2.05, 4.69) is 5.32 Å². The van der Waals surface area contributed by atoms with E-state index in [9.17, 15) is 9.59 Å². The van der Waals surface area contributed by atoms with Crippen LogP contribution in [0.2, 0.25) is 0 Å². The minimum Gasteiger partial charge on any atom is -0.466 e. The molecule has 0 aliphatic heterocycles. The van der Waals surface area contributed by atoms with E-state index in [0.717, 1.165) is 12.8 Å². The summed E-state index contributed by atoms with van der Waals surface area (Å²) in [7, 11) is 0. The number of hydrogen-bond acceptors (Lipinski definition) is 3. The van der Waals surface area contributed by atoms with Gasteiger partial charge in [0.15, 0.2) is 0 Å². The molecule has 1 rings (SSSR count). The molecule has 1 fully saturated rings. The van der Waals surface area contributed by atoms with Crippen molar-refractivity contribution in [2.45, 2.75) is 19.8 Å². The molecule has 0 spiro atoms. The quantitative estimate of drug-likeness (QED) is 0.547. The van der Waals surface area contributed by atoms with Crippen molar-refractivity contribution in [3.63, 3.8) is 0 Å². The highest BCUT2D eigenvalue weighted by Gasteiger charge is 2.51. The fraction of sp³-hybridized carbons (Fsp3) is 0.778. The number of nitrogens with one attached hydrogen (secondary N) is 1. The van der Waals surface area contributed by atoms with Crippen LogP contribution in [0, 0.1) is 5.41 Å². The molecule has 80 valence electrons. The molecular weight excluding hydrogens is 206 g/mol. The van der Waals surface area contributed by atoms with Gasteiger partial charge in [0.05, 0.1) is 12.0 Å². The summed E-state index contributed by atoms with van der Waals surface area (Å²) < 4.78 is 4.91. The number of carbonyl (C=O) groups is 2. The fourth-order valence-electron chi connectivity index (χ4n) is 1.20. The SMILES string of the molecule is CCOC(=O)C1(CNC(=O)CCl)CC1. The molecule has 4 nitrogen and oxygen atoms in total. The smallest absolute Gasteiger partial charge is 0.313 e. The van der Waals surface area contributed by atoms with Crippen molar-refractivity contribution < 1.29 is 14.3 Å². The number of hydrogen-bond donors (Lipinski definition) is 1. The van der Waals surface area contributed by atoms with Crippen LogP contribution in [0.4, 0.5) is 0 Å². The van der Waals surface area contributed by atoms with E-state index in [1.165, 1.54) is 0 Å². The summed E-state index contributed by atoms with van der Waals surface area (Å²) in [4.78, 5) is 22.3. The van der Waals surface area contributed by atoms with Crippen LogP contribution < -0.4 is 5.32 Å². The van der Waals surface area contributed by atoms with E-state index in [4.69, 9.17) is 16.3 Å². The third kappa shape index (κ3) is 2.61. The first-order chi connectivity index (χ1) is 6.64. The van der Waals surface area contributed by atoms with Crippen molar-refractivity contribution in [3.05, 3.63) is 0 Å². The summed E-state index contributed by atoms with van der Waals surface area (Å²) in [5.74, 6) is -0.532. The van der Waals surface area contributed by atoms with Crippen molar-refractivity contribution in [2.24, 2.45) is 5.41 Å². The predicted molar refractivity (Wildman–Crippen MR) is 52.0 cm³/mol. The lowest BCUT2D eigenvalue weighted by Gasteiger charge is -2.13. The number of halogens is 1. The maximum Gasteiger partial charge on any atom is 0.313 e. The third-order valence-corrected chi connectivity index (χ3v) is 2.55. The maximum atomic E-state index is 11.4. The Morgan fingerprint density at radius 2 is 2.14 bits per heavy atom. The van der Waals surface area contributed by atoms with Crippen molar-refractivity contribution in [3.8, 4) is 0 Å². The summed E-state index contributed by atoms with van der Waals surface area (Å²) in [6.45, 7) is 2.49. The van der Waals surface area contributed by atoms with Gasteiger partial charge in [-0.25, -0.2) is 0 Å². The molecule has 1 saturated carbocycles. The highest BCUT2D eigenvalue weighted by molar-refractivity contribution is 6.27. The van der Waals surface area contributed by atoms with Crippen LogP contribution in [-0.4, -0.2) is 30.9 Å². The zero-order chi connectivity index (χ0) is 10.6. The normalized spacial score (nSPS) is 17.3. The lowest BCUT2D eigenvalue weighted by atomic mass is 10.1. The summed E-state index contributed by atoms with van der Waals surface area (Å²) >= 11 is 5.31. The first kappa shape index (κ1) is 11.3. The van der Waals surface area contributed by atoms with Crippen LogP contribution in [0.15, 0.2) is 0 Å². The summed E-state index contributed by atoms with van der Waals surface area (Å²) in [6.07, 6.45) is 1.57. The molecule has 1 amide bonds. The minimum absolute atomic E-state index is 0.0705. The van der Waals surface area contributed by atoms with Gasteiger partial charge in [0.2, 0.25) is 5.91 Å². The Hall–Kier alpha value is -0.770. The predicted octanol–water partition coefficient (Wildman–Crippen LogP) is 0.685. The molecule has 14 heavy (non-hydrogen) atoms. The standard InChI is InChI=1S/C9H14ClNO3/c1-2-14-8(13)9(3-4-9)6-11-7(12)5-10/h2-6H2,1H3,(H,11,12). The van der Waals surface area contributed by atoms with Gasteiger partial charge in [0.1, 0.15) is 5.88 Å². The van der Waals surface area contributed by atoms with E-state index < -0.39 is 5.41 Å². The van der Waals surface area contributed by atoms with Crippen molar-refractivity contribution in [1.29, 1.82) is 0 Å². The Kier molecular flexibility index (Phi) is 3.75. The third-order valence-electron chi connectivity index (χ3n) is 2.31. The zero-order valence-corrected chi connectivity index (χ0v) is 8.89. The Labute approximate surface area is 87.9 Å². The Morgan fingerprint density at radius 1 is 1.50 bits per heavy atom. The van der Waals surface area contributed by atoms with Gasteiger partial charge in [0, 0.05) is 6.54 Å². The van der Waals surface area contributed by atoms with Gasteiger partial charge in [-0.15, -0.1) is 11.6 Å². The maximum absolute atomic E-state index is 11.4. The van der Waals surface area contributed by atoms with E-state index in [1.807, 2.05) is 0 Å². The van der Waals surface area contributed by atoms with Crippen LogP contribution in [0.5, 0.6) is 0 Å². The van der Waals surface area contributed by atoms with Crippen molar-refractivity contribution >= 4 is 23.5 Å². The van der Waals surface area contributed by atoms with Crippen LogP contribution in [0.1, 0.15) is 19.8 Å². The lowest BCUT2D eigenvalue weighted by Crippen LogP contribution is -2.35. The van der Waals surface area contributed by atoms with Crippen molar-refractivity contribution in [2.75, 3.05) is 19.0 Å². The first-order valence-electron chi connectivity index (χ1n) is 4.64. The van der Waals surface area contributed by atoms with Gasteiger partial charge in [-0.2, -0.15) is 0 Å². The van der Waals surface area contributed by atoms with Gasteiger partial charge >= 0.3 is 5.97 Å². The highest BCUT2D eigenvalue weighted by Crippen LogP contribution is 2.46. The summed E-state index contributed by atoms with van der Waals surface area (Å²) in [5.41, 5.74) is -0.461. The van der Waals surface area contributed by atoms with Crippen molar-refractivity contribution in [1.82, 2.24) is 5.32 Å². The Morgan fingerprint density at radius 3 is 2.57 bits per heavy atom. The van der Waals surface area contributed by atoms with Crippen LogP contribution in [-0.2, 0) is 14.3 Å². The zero-order valence-electron chi connectivity index (χ0n) is 8.14. The van der Waals surface area contributed by atoms with Gasteiger partial charge in [-0.05, 0) is 19.8 Å². The molecule has 1 aliphatic carbocycles. The number of rotatable bonds is 5. The number of carbonyl (C=O) groups excluding carboxylic acids is 2. The molecule has 0 aromatic carbocycles. The van der Waals surface area contributed by atoms with Gasteiger partial charge in [-0.1, -0.05) is 0 Å². The van der Waals surface area contributed by atoms with Crippen LogP contribution in [0.3, 0.4) is 0 Å². The van der Waals surface area contributed by atoms with Crippen LogP contribution >= 0.6 is 11.6 Å². The number of alkyl halides is 1. The molecule has 0 aromatic heterocycles. The monoisotopic (exact) mass is 219 g/mol. The van der Waals surface area contributed by atoms with E-state index >= 15 is 0 Å². The van der Waals surface area contributed by atoms with Gasteiger partial charge < -0.3 is 10.1 Å². The number of ether oxygens (including phenoxy) is 1. The Balaban J connectivity index is 2.35. The number of amides is 1. The second kappa shape index (κ2) is 4.64. The molecule has 1 aliphatic rings. The first-order valence-corrected chi connectivity index (χ1v) is 5.18. The van der Waals surface area contributed by atoms with Gasteiger partial charge in [-0.3, -0.25) is 9.59 Å². The van der Waals surface area contributed by atoms with E-state index in [0.29, 0.717) is 13.2 Å². The molecule has 1 N–H and O–H groups in total. The number of esters is 1. The average molecular weight is 220 g/mol. The molecule has 0 atom stereocenters. The molecular formula is C9H14ClNO3. The lowest BCUT2D eigenvalue weighted by molar-refractivity contribution is -0.149. The topological polar surface area (TPSA) is 55.4 Å². The summed E-state index contributed by atoms with van der Waals surface area (Å²) in [6, 6.07) is 0. The highest BCUT2D eigenvalue weighted by atomic mass is 35.5. The molecule has 0 bridgehead atoms. The minimum atomic E-state index is -0.461. The van der Waals surface area contributed by atoms with Crippen LogP contribution in [0.25, 0.3) is 0 Å². The molecule has 0 saturated heterocycles. The second-order valence-corrected chi connectivity index (χ2v) is 3.68. The Bertz CT molecular complexity index is 238. The summed E-state index contributed by atoms with van der Waals surface area (Å²) in [5, 5.41) is 2.60. The van der Waals surface area contributed by atoms with Gasteiger partial charge in [0.25, 0.3) is 0 Å². The molecule has 0 unspecified atom stereocenters. The molecule has 0 aromatic rings. The molecule has 0 heterocycles. The molecule has 0 radical (unpaired) electrons. The fourth-order valence-corrected chi connectivity index (χ4v) is 1.30. The largest absolute Gasteiger partial charge is 0.466 e. The molecule has 5 heteroatoms. The average Bonchev–Trinajstić information content (AvgIpc) is 2.95. The van der Waals surface area contributed by atoms with E-state index in [1.54, 1.807) is 6.92 Å². The van der Waals surface area contributed by atoms with E-state index in [-0.39, 0.29) is 17.8 Å².